The zero-order chi connectivity index (χ0) is 13.5. The second kappa shape index (κ2) is 6.65. The Labute approximate surface area is 108 Å². The van der Waals surface area contributed by atoms with Crippen molar-refractivity contribution in [2.75, 3.05) is 25.0 Å². The summed E-state index contributed by atoms with van der Waals surface area (Å²) in [6.07, 6.45) is 0.927. The average Bonchev–Trinajstić information content (AvgIpc) is 2.37. The number of nitrogens with zero attached hydrogens (tertiary/aromatic N) is 2. The van der Waals surface area contributed by atoms with Crippen LogP contribution < -0.4 is 10.2 Å². The lowest BCUT2D eigenvalue weighted by Crippen LogP contribution is -2.36. The van der Waals surface area contributed by atoms with Crippen molar-refractivity contribution in [1.82, 2.24) is 5.32 Å². The lowest BCUT2D eigenvalue weighted by molar-refractivity contribution is -0.119. The van der Waals surface area contributed by atoms with Crippen molar-refractivity contribution < 1.29 is 4.79 Å². The van der Waals surface area contributed by atoms with E-state index in [1.807, 2.05) is 24.0 Å². The molecule has 1 aromatic rings. The van der Waals surface area contributed by atoms with Gasteiger partial charge >= 0.3 is 0 Å². The lowest BCUT2D eigenvalue weighted by atomic mass is 10.1. The molecule has 0 unspecified atom stereocenters. The summed E-state index contributed by atoms with van der Waals surface area (Å²) in [5, 5.41) is 11.8. The number of carbonyl (C=O) groups is 1. The van der Waals surface area contributed by atoms with Gasteiger partial charge in [0, 0.05) is 13.6 Å². The number of nitriles is 1. The molecule has 0 bridgehead atoms. The first-order chi connectivity index (χ1) is 8.63. The summed E-state index contributed by atoms with van der Waals surface area (Å²) < 4.78 is 0. The Bertz CT molecular complexity index is 463. The molecule has 0 aliphatic carbocycles. The highest BCUT2D eigenvalue weighted by molar-refractivity contribution is 5.82. The molecule has 0 saturated heterocycles. The Balaban J connectivity index is 3.13. The molecule has 1 rings (SSSR count). The molecule has 1 amide bonds. The van der Waals surface area contributed by atoms with Gasteiger partial charge < -0.3 is 10.2 Å². The quantitative estimate of drug-likeness (QED) is 0.861. The Morgan fingerprint density at radius 2 is 2.22 bits per heavy atom. The minimum absolute atomic E-state index is 0.0457. The van der Waals surface area contributed by atoms with Gasteiger partial charge in [0.15, 0.2) is 0 Å². The fourth-order valence-electron chi connectivity index (χ4n) is 1.96. The SMILES string of the molecule is CCCN(CC(=O)NC)c1c(C)cccc1C#N. The second-order valence-electron chi connectivity index (χ2n) is 4.18. The number of hydrogen-bond donors (Lipinski definition) is 1. The molecule has 0 atom stereocenters. The van der Waals surface area contributed by atoms with Crippen molar-refractivity contribution in [3.63, 3.8) is 0 Å². The smallest absolute Gasteiger partial charge is 0.239 e. The highest BCUT2D eigenvalue weighted by Crippen LogP contribution is 2.24. The van der Waals surface area contributed by atoms with Crippen LogP contribution >= 0.6 is 0 Å². The number of hydrogen-bond acceptors (Lipinski definition) is 3. The third-order valence-electron chi connectivity index (χ3n) is 2.78. The Kier molecular flexibility index (Phi) is 5.19. The largest absolute Gasteiger partial charge is 0.361 e. The Morgan fingerprint density at radius 1 is 1.50 bits per heavy atom. The molecule has 1 aromatic carbocycles. The molecule has 96 valence electrons. The predicted octanol–water partition coefficient (Wildman–Crippen LogP) is 1.83. The molecule has 1 N–H and O–H groups in total. The van der Waals surface area contributed by atoms with E-state index in [2.05, 4.69) is 18.3 Å². The van der Waals surface area contributed by atoms with E-state index in [0.29, 0.717) is 5.56 Å². The third kappa shape index (κ3) is 3.24. The number of rotatable bonds is 5. The first-order valence-electron chi connectivity index (χ1n) is 6.09. The maximum absolute atomic E-state index is 11.5. The van der Waals surface area contributed by atoms with Crippen LogP contribution in [0.25, 0.3) is 0 Å². The van der Waals surface area contributed by atoms with E-state index in [4.69, 9.17) is 0 Å². The number of para-hydroxylation sites is 1. The summed E-state index contributed by atoms with van der Waals surface area (Å²) in [5.41, 5.74) is 2.50. The van der Waals surface area contributed by atoms with Gasteiger partial charge in [-0.25, -0.2) is 0 Å². The topological polar surface area (TPSA) is 56.1 Å². The van der Waals surface area contributed by atoms with Gasteiger partial charge in [0.1, 0.15) is 6.07 Å². The van der Waals surface area contributed by atoms with Crippen molar-refractivity contribution >= 4 is 11.6 Å². The molecular weight excluding hydrogens is 226 g/mol. The number of aryl methyl sites for hydroxylation is 1. The molecule has 18 heavy (non-hydrogen) atoms. The molecule has 0 aromatic heterocycles. The van der Waals surface area contributed by atoms with E-state index in [9.17, 15) is 10.1 Å². The van der Waals surface area contributed by atoms with Gasteiger partial charge in [0.25, 0.3) is 0 Å². The van der Waals surface area contributed by atoms with Gasteiger partial charge in [-0.15, -0.1) is 0 Å². The number of carbonyl (C=O) groups excluding carboxylic acids is 1. The van der Waals surface area contributed by atoms with E-state index in [1.165, 1.54) is 0 Å². The summed E-state index contributed by atoms with van der Waals surface area (Å²) in [6.45, 7) is 5.06. The van der Waals surface area contributed by atoms with Crippen LogP contribution in [-0.2, 0) is 4.79 Å². The molecule has 4 heteroatoms. The fourth-order valence-corrected chi connectivity index (χ4v) is 1.96. The maximum Gasteiger partial charge on any atom is 0.239 e. The molecule has 0 saturated carbocycles. The van der Waals surface area contributed by atoms with E-state index in [1.54, 1.807) is 13.1 Å². The van der Waals surface area contributed by atoms with E-state index in [-0.39, 0.29) is 12.5 Å². The molecule has 0 heterocycles. The van der Waals surface area contributed by atoms with Gasteiger partial charge in [-0.2, -0.15) is 5.26 Å². The van der Waals surface area contributed by atoms with Crippen molar-refractivity contribution in [1.29, 1.82) is 5.26 Å². The van der Waals surface area contributed by atoms with Gasteiger partial charge in [0.05, 0.1) is 17.8 Å². The number of likely N-dealkylation sites (N-methyl/N-ethyl adjacent to an activating group) is 1. The standard InChI is InChI=1S/C14H19N3O/c1-4-8-17(10-13(18)16-3)14-11(2)6-5-7-12(14)9-15/h5-7H,4,8,10H2,1-3H3,(H,16,18). The fraction of sp³-hybridized carbons (Fsp3) is 0.429. The van der Waals surface area contributed by atoms with E-state index >= 15 is 0 Å². The minimum Gasteiger partial charge on any atom is -0.361 e. The zero-order valence-electron chi connectivity index (χ0n) is 11.2. The molecule has 4 nitrogen and oxygen atoms in total. The number of anilines is 1. The van der Waals surface area contributed by atoms with Crippen LogP contribution in [0, 0.1) is 18.3 Å². The molecule has 0 aliphatic heterocycles. The van der Waals surface area contributed by atoms with Crippen LogP contribution in [0.3, 0.4) is 0 Å². The van der Waals surface area contributed by atoms with Crippen molar-refractivity contribution in [3.05, 3.63) is 29.3 Å². The monoisotopic (exact) mass is 245 g/mol. The van der Waals surface area contributed by atoms with Gasteiger partial charge in [-0.05, 0) is 25.0 Å². The van der Waals surface area contributed by atoms with Gasteiger partial charge in [0.2, 0.25) is 5.91 Å². The molecular formula is C14H19N3O. The van der Waals surface area contributed by atoms with Crippen LogP contribution in [0.2, 0.25) is 0 Å². The molecule has 0 fully saturated rings. The van der Waals surface area contributed by atoms with Crippen LogP contribution in [0.4, 0.5) is 5.69 Å². The van der Waals surface area contributed by atoms with Crippen LogP contribution in [0.5, 0.6) is 0 Å². The average molecular weight is 245 g/mol. The number of benzene rings is 1. The molecule has 0 spiro atoms. The number of amides is 1. The van der Waals surface area contributed by atoms with Crippen molar-refractivity contribution in [3.8, 4) is 6.07 Å². The highest BCUT2D eigenvalue weighted by Gasteiger charge is 2.15. The highest BCUT2D eigenvalue weighted by atomic mass is 16.1. The van der Waals surface area contributed by atoms with Gasteiger partial charge in [-0.3, -0.25) is 4.79 Å². The maximum atomic E-state index is 11.5. The first kappa shape index (κ1) is 14.0. The molecule has 0 radical (unpaired) electrons. The zero-order valence-corrected chi connectivity index (χ0v) is 11.2. The van der Waals surface area contributed by atoms with Gasteiger partial charge in [-0.1, -0.05) is 19.1 Å². The van der Waals surface area contributed by atoms with E-state index in [0.717, 1.165) is 24.2 Å². The van der Waals surface area contributed by atoms with Crippen LogP contribution in [-0.4, -0.2) is 26.0 Å². The summed E-state index contributed by atoms with van der Waals surface area (Å²) >= 11 is 0. The summed E-state index contributed by atoms with van der Waals surface area (Å²) in [7, 11) is 1.62. The summed E-state index contributed by atoms with van der Waals surface area (Å²) in [6, 6.07) is 7.80. The van der Waals surface area contributed by atoms with Crippen molar-refractivity contribution in [2.24, 2.45) is 0 Å². The normalized spacial score (nSPS) is 9.67. The van der Waals surface area contributed by atoms with Crippen LogP contribution in [0.1, 0.15) is 24.5 Å². The first-order valence-corrected chi connectivity index (χ1v) is 6.09. The minimum atomic E-state index is -0.0457. The molecule has 0 aliphatic rings. The Hall–Kier alpha value is -2.02. The van der Waals surface area contributed by atoms with Crippen LogP contribution in [0.15, 0.2) is 18.2 Å². The third-order valence-corrected chi connectivity index (χ3v) is 2.78. The van der Waals surface area contributed by atoms with E-state index < -0.39 is 0 Å². The summed E-state index contributed by atoms with van der Waals surface area (Å²) in [4.78, 5) is 13.5. The second-order valence-corrected chi connectivity index (χ2v) is 4.18. The number of nitrogens with one attached hydrogen (secondary N) is 1. The summed E-state index contributed by atoms with van der Waals surface area (Å²) in [5.74, 6) is -0.0457. The predicted molar refractivity (Wildman–Crippen MR) is 72.5 cm³/mol. The van der Waals surface area contributed by atoms with Crippen molar-refractivity contribution in [2.45, 2.75) is 20.3 Å². The Morgan fingerprint density at radius 3 is 2.78 bits per heavy atom. The lowest BCUT2D eigenvalue weighted by Gasteiger charge is -2.26.